The van der Waals surface area contributed by atoms with Crippen LogP contribution in [0, 0.1) is 17.5 Å². The highest BCUT2D eigenvalue weighted by Crippen LogP contribution is 2.39. The predicted molar refractivity (Wildman–Crippen MR) is 75.1 cm³/mol. The zero-order valence-corrected chi connectivity index (χ0v) is 12.6. The van der Waals surface area contributed by atoms with Gasteiger partial charge in [0, 0.05) is 16.1 Å². The van der Waals surface area contributed by atoms with Gasteiger partial charge in [-0.05, 0) is 24.3 Å². The molecule has 2 aromatic rings. The minimum Gasteiger partial charge on any atom is -0.496 e. The quantitative estimate of drug-likeness (QED) is 0.533. The SMILES string of the molecule is COc1ccc(Cl)cc1C(Br)c1ccc(F)c(F)c1F. The van der Waals surface area contributed by atoms with Crippen LogP contribution in [0.15, 0.2) is 30.3 Å². The average molecular weight is 366 g/mol. The highest BCUT2D eigenvalue weighted by molar-refractivity contribution is 9.09. The minimum absolute atomic E-state index is 0.0375. The lowest BCUT2D eigenvalue weighted by molar-refractivity contribution is 0.409. The van der Waals surface area contributed by atoms with Crippen LogP contribution in [-0.2, 0) is 0 Å². The van der Waals surface area contributed by atoms with Crippen molar-refractivity contribution in [1.82, 2.24) is 0 Å². The Morgan fingerprint density at radius 3 is 2.40 bits per heavy atom. The van der Waals surface area contributed by atoms with Gasteiger partial charge < -0.3 is 4.74 Å². The molecule has 6 heteroatoms. The van der Waals surface area contributed by atoms with Crippen LogP contribution in [0.3, 0.4) is 0 Å². The molecule has 2 rings (SSSR count). The van der Waals surface area contributed by atoms with Crippen molar-refractivity contribution in [3.05, 3.63) is 63.9 Å². The summed E-state index contributed by atoms with van der Waals surface area (Å²) in [6, 6.07) is 6.85. The van der Waals surface area contributed by atoms with Crippen LogP contribution in [0.4, 0.5) is 13.2 Å². The molecule has 2 aromatic carbocycles. The summed E-state index contributed by atoms with van der Waals surface area (Å²) in [5.41, 5.74) is 0.481. The Labute approximate surface area is 127 Å². The fraction of sp³-hybridized carbons (Fsp3) is 0.143. The van der Waals surface area contributed by atoms with Crippen molar-refractivity contribution in [1.29, 1.82) is 0 Å². The first kappa shape index (κ1) is 15.2. The standard InChI is InChI=1S/C14H9BrClF3O/c1-20-11-5-2-7(16)6-9(11)12(15)8-3-4-10(17)14(19)13(8)18/h2-6,12H,1H3. The molecule has 0 saturated heterocycles. The molecule has 1 unspecified atom stereocenters. The molecular weight excluding hydrogens is 357 g/mol. The number of hydrogen-bond donors (Lipinski definition) is 0. The third kappa shape index (κ3) is 2.79. The highest BCUT2D eigenvalue weighted by atomic mass is 79.9. The third-order valence-electron chi connectivity index (χ3n) is 2.80. The van der Waals surface area contributed by atoms with Crippen molar-refractivity contribution >= 4 is 27.5 Å². The second-order valence-electron chi connectivity index (χ2n) is 4.01. The number of benzene rings is 2. The Hall–Kier alpha value is -1.20. The molecule has 0 aliphatic carbocycles. The fourth-order valence-electron chi connectivity index (χ4n) is 1.81. The first-order chi connectivity index (χ1) is 9.45. The molecule has 0 radical (unpaired) electrons. The summed E-state index contributed by atoms with van der Waals surface area (Å²) < 4.78 is 45.2. The van der Waals surface area contributed by atoms with Crippen molar-refractivity contribution in [2.24, 2.45) is 0 Å². The van der Waals surface area contributed by atoms with Gasteiger partial charge in [-0.3, -0.25) is 0 Å². The summed E-state index contributed by atoms with van der Waals surface area (Å²) >= 11 is 9.16. The normalized spacial score (nSPS) is 12.3. The Bertz CT molecular complexity index is 649. The van der Waals surface area contributed by atoms with Crippen molar-refractivity contribution in [2.45, 2.75) is 4.83 Å². The largest absolute Gasteiger partial charge is 0.496 e. The monoisotopic (exact) mass is 364 g/mol. The molecule has 0 aliphatic rings. The van der Waals surface area contributed by atoms with Crippen molar-refractivity contribution in [3.63, 3.8) is 0 Å². The van der Waals surface area contributed by atoms with Crippen LogP contribution < -0.4 is 4.74 Å². The maximum Gasteiger partial charge on any atom is 0.194 e. The van der Waals surface area contributed by atoms with Gasteiger partial charge in [0.15, 0.2) is 17.5 Å². The van der Waals surface area contributed by atoms with Crippen LogP contribution in [0.25, 0.3) is 0 Å². The predicted octanol–water partition coefficient (Wildman–Crippen LogP) is 5.25. The molecule has 0 aliphatic heterocycles. The van der Waals surface area contributed by atoms with Gasteiger partial charge in [-0.15, -0.1) is 0 Å². The summed E-state index contributed by atoms with van der Waals surface area (Å²) in [7, 11) is 1.45. The van der Waals surface area contributed by atoms with Crippen LogP contribution in [0.5, 0.6) is 5.75 Å². The number of halogens is 5. The summed E-state index contributed by atoms with van der Waals surface area (Å²) in [5, 5.41) is 0.424. The van der Waals surface area contributed by atoms with Crippen LogP contribution in [0.2, 0.25) is 5.02 Å². The van der Waals surface area contributed by atoms with E-state index in [4.69, 9.17) is 16.3 Å². The molecule has 0 fully saturated rings. The summed E-state index contributed by atoms with van der Waals surface area (Å²) in [4.78, 5) is -0.716. The number of ether oxygens (including phenoxy) is 1. The maximum atomic E-state index is 13.8. The van der Waals surface area contributed by atoms with E-state index in [1.54, 1.807) is 18.2 Å². The van der Waals surface area contributed by atoms with E-state index in [-0.39, 0.29) is 5.56 Å². The molecule has 0 saturated carbocycles. The van der Waals surface area contributed by atoms with Crippen molar-refractivity contribution < 1.29 is 17.9 Å². The third-order valence-corrected chi connectivity index (χ3v) is 4.02. The summed E-state index contributed by atoms with van der Waals surface area (Å²) in [6.07, 6.45) is 0. The van der Waals surface area contributed by atoms with Gasteiger partial charge in [-0.2, -0.15) is 0 Å². The molecule has 106 valence electrons. The van der Waals surface area contributed by atoms with Gasteiger partial charge in [-0.25, -0.2) is 13.2 Å². The van der Waals surface area contributed by atoms with Gasteiger partial charge in [0.25, 0.3) is 0 Å². The van der Waals surface area contributed by atoms with E-state index in [9.17, 15) is 13.2 Å². The molecule has 0 N–H and O–H groups in total. The Morgan fingerprint density at radius 1 is 1.05 bits per heavy atom. The Kier molecular flexibility index (Phi) is 4.60. The average Bonchev–Trinajstić information content (AvgIpc) is 2.44. The molecule has 1 atom stereocenters. The summed E-state index contributed by atoms with van der Waals surface area (Å²) in [5.74, 6) is -3.52. The van der Waals surface area contributed by atoms with E-state index in [1.165, 1.54) is 13.2 Å². The van der Waals surface area contributed by atoms with E-state index in [2.05, 4.69) is 15.9 Å². The smallest absolute Gasteiger partial charge is 0.194 e. The molecule has 20 heavy (non-hydrogen) atoms. The minimum atomic E-state index is -1.51. The Morgan fingerprint density at radius 2 is 1.75 bits per heavy atom. The first-order valence-electron chi connectivity index (χ1n) is 5.56. The molecular formula is C14H9BrClF3O. The van der Waals surface area contributed by atoms with Gasteiger partial charge in [0.05, 0.1) is 11.9 Å². The molecule has 0 amide bonds. The van der Waals surface area contributed by atoms with Gasteiger partial charge in [0.1, 0.15) is 5.75 Å². The molecule has 1 nitrogen and oxygen atoms in total. The van der Waals surface area contributed by atoms with E-state index >= 15 is 0 Å². The van der Waals surface area contributed by atoms with E-state index < -0.39 is 22.3 Å². The fourth-order valence-corrected chi connectivity index (χ4v) is 2.70. The lowest BCUT2D eigenvalue weighted by Crippen LogP contribution is -2.03. The maximum absolute atomic E-state index is 13.8. The van der Waals surface area contributed by atoms with Gasteiger partial charge in [-0.1, -0.05) is 33.6 Å². The molecule has 0 spiro atoms. The topological polar surface area (TPSA) is 9.23 Å². The molecule has 0 heterocycles. The zero-order chi connectivity index (χ0) is 14.9. The number of methoxy groups -OCH3 is 1. The number of alkyl halides is 1. The summed E-state index contributed by atoms with van der Waals surface area (Å²) in [6.45, 7) is 0. The Balaban J connectivity index is 2.54. The lowest BCUT2D eigenvalue weighted by atomic mass is 10.0. The van der Waals surface area contributed by atoms with Crippen molar-refractivity contribution in [2.75, 3.05) is 7.11 Å². The molecule has 0 aromatic heterocycles. The number of rotatable bonds is 3. The van der Waals surface area contributed by atoms with Crippen LogP contribution in [0.1, 0.15) is 16.0 Å². The van der Waals surface area contributed by atoms with Crippen LogP contribution >= 0.6 is 27.5 Å². The number of hydrogen-bond acceptors (Lipinski definition) is 1. The van der Waals surface area contributed by atoms with E-state index in [0.29, 0.717) is 16.3 Å². The van der Waals surface area contributed by atoms with E-state index in [0.717, 1.165) is 6.07 Å². The molecule has 0 bridgehead atoms. The second-order valence-corrected chi connectivity index (χ2v) is 5.37. The van der Waals surface area contributed by atoms with Gasteiger partial charge >= 0.3 is 0 Å². The van der Waals surface area contributed by atoms with Crippen LogP contribution in [-0.4, -0.2) is 7.11 Å². The van der Waals surface area contributed by atoms with Crippen molar-refractivity contribution in [3.8, 4) is 5.75 Å². The lowest BCUT2D eigenvalue weighted by Gasteiger charge is -2.16. The highest BCUT2D eigenvalue weighted by Gasteiger charge is 2.22. The first-order valence-corrected chi connectivity index (χ1v) is 6.86. The van der Waals surface area contributed by atoms with Gasteiger partial charge in [0.2, 0.25) is 0 Å². The van der Waals surface area contributed by atoms with E-state index in [1.807, 2.05) is 0 Å². The second kappa shape index (κ2) is 6.06. The zero-order valence-electron chi connectivity index (χ0n) is 10.3.